The minimum Gasteiger partial charge on any atom is -0.374 e. The number of halogens is 2. The molecule has 124 valence electrons. The number of allylic oxidation sites excluding steroid dienone is 1. The first-order valence-electron chi connectivity index (χ1n) is 7.84. The maximum absolute atomic E-state index is 12.1. The van der Waals surface area contributed by atoms with E-state index in [1.165, 1.54) is 5.69 Å². The van der Waals surface area contributed by atoms with Gasteiger partial charge in [-0.3, -0.25) is 4.79 Å². The fourth-order valence-electron chi connectivity index (χ4n) is 2.66. The smallest absolute Gasteiger partial charge is 0.187 e. The molecule has 0 aromatic heterocycles. The Kier molecular flexibility index (Phi) is 5.44. The van der Waals surface area contributed by atoms with Gasteiger partial charge in [0, 0.05) is 59.8 Å². The van der Waals surface area contributed by atoms with E-state index >= 15 is 0 Å². The molecular weight excluding hydrogens is 343 g/mol. The third-order valence-corrected chi connectivity index (χ3v) is 4.58. The lowest BCUT2D eigenvalue weighted by molar-refractivity contribution is 0.104. The molecule has 1 aliphatic rings. The third kappa shape index (κ3) is 4.31. The highest BCUT2D eigenvalue weighted by atomic mass is 35.5. The summed E-state index contributed by atoms with van der Waals surface area (Å²) in [7, 11) is 0. The Morgan fingerprint density at radius 3 is 1.96 bits per heavy atom. The van der Waals surface area contributed by atoms with Gasteiger partial charge < -0.3 is 9.80 Å². The van der Waals surface area contributed by atoms with Gasteiger partial charge in [-0.2, -0.15) is 0 Å². The first-order chi connectivity index (χ1) is 11.6. The van der Waals surface area contributed by atoms with E-state index in [-0.39, 0.29) is 5.78 Å². The van der Waals surface area contributed by atoms with E-state index in [0.717, 1.165) is 31.2 Å². The monoisotopic (exact) mass is 360 g/mol. The number of hydrogen-bond donors (Lipinski definition) is 0. The van der Waals surface area contributed by atoms with Crippen LogP contribution in [-0.2, 0) is 0 Å². The largest absolute Gasteiger partial charge is 0.374 e. The van der Waals surface area contributed by atoms with Crippen LogP contribution in [0.2, 0.25) is 10.0 Å². The van der Waals surface area contributed by atoms with Gasteiger partial charge in [0.05, 0.1) is 0 Å². The number of carbonyl (C=O) groups excluding carboxylic acids is 1. The standard InChI is InChI=1S/C19H18Cl2N2O/c20-16-3-1-15(2-4-16)19(24)9-10-22-11-13-23(14-12-22)18-7-5-17(21)6-8-18/h1-10H,11-14H2. The van der Waals surface area contributed by atoms with Crippen molar-refractivity contribution in [3.63, 3.8) is 0 Å². The molecule has 0 saturated carbocycles. The highest BCUT2D eigenvalue weighted by molar-refractivity contribution is 6.31. The zero-order valence-corrected chi connectivity index (χ0v) is 14.7. The van der Waals surface area contributed by atoms with Gasteiger partial charge in [-0.25, -0.2) is 0 Å². The zero-order chi connectivity index (χ0) is 16.9. The maximum Gasteiger partial charge on any atom is 0.187 e. The van der Waals surface area contributed by atoms with Gasteiger partial charge >= 0.3 is 0 Å². The summed E-state index contributed by atoms with van der Waals surface area (Å²) in [5.41, 5.74) is 1.83. The quantitative estimate of drug-likeness (QED) is 0.591. The van der Waals surface area contributed by atoms with Gasteiger partial charge in [0.15, 0.2) is 5.78 Å². The summed E-state index contributed by atoms with van der Waals surface area (Å²) in [5, 5.41) is 1.38. The molecule has 24 heavy (non-hydrogen) atoms. The summed E-state index contributed by atoms with van der Waals surface area (Å²) in [5.74, 6) is -0.00759. The second-order valence-corrected chi connectivity index (χ2v) is 6.56. The minimum absolute atomic E-state index is 0.00759. The fraction of sp³-hybridized carbons (Fsp3) is 0.211. The molecule has 0 unspecified atom stereocenters. The summed E-state index contributed by atoms with van der Waals surface area (Å²) in [6, 6.07) is 14.8. The van der Waals surface area contributed by atoms with Crippen LogP contribution in [0.5, 0.6) is 0 Å². The van der Waals surface area contributed by atoms with Crippen molar-refractivity contribution < 1.29 is 4.79 Å². The molecule has 0 amide bonds. The Balaban J connectivity index is 1.54. The fourth-order valence-corrected chi connectivity index (χ4v) is 2.92. The lowest BCUT2D eigenvalue weighted by Gasteiger charge is -2.35. The van der Waals surface area contributed by atoms with E-state index in [2.05, 4.69) is 9.80 Å². The van der Waals surface area contributed by atoms with Gasteiger partial charge in [0.2, 0.25) is 0 Å². The van der Waals surface area contributed by atoms with E-state index in [9.17, 15) is 4.79 Å². The predicted octanol–water partition coefficient (Wildman–Crippen LogP) is 4.51. The van der Waals surface area contributed by atoms with Gasteiger partial charge in [-0.1, -0.05) is 23.2 Å². The Labute approximate surface area is 152 Å². The number of carbonyl (C=O) groups is 1. The number of hydrogen-bond acceptors (Lipinski definition) is 3. The lowest BCUT2D eigenvalue weighted by atomic mass is 10.1. The van der Waals surface area contributed by atoms with Gasteiger partial charge in [-0.05, 0) is 48.5 Å². The molecule has 1 saturated heterocycles. The van der Waals surface area contributed by atoms with Crippen LogP contribution in [0.4, 0.5) is 5.69 Å². The number of anilines is 1. The summed E-state index contributed by atoms with van der Waals surface area (Å²) in [6.45, 7) is 3.60. The van der Waals surface area contributed by atoms with Crippen molar-refractivity contribution >= 4 is 34.7 Å². The SMILES string of the molecule is O=C(C=CN1CCN(c2ccc(Cl)cc2)CC1)c1ccc(Cl)cc1. The molecule has 0 radical (unpaired) electrons. The van der Waals surface area contributed by atoms with Crippen LogP contribution in [0.1, 0.15) is 10.4 Å². The van der Waals surface area contributed by atoms with Crippen molar-refractivity contribution in [2.24, 2.45) is 0 Å². The van der Waals surface area contributed by atoms with Gasteiger partial charge in [0.1, 0.15) is 0 Å². The highest BCUT2D eigenvalue weighted by Gasteiger charge is 2.15. The second-order valence-electron chi connectivity index (χ2n) is 5.69. The van der Waals surface area contributed by atoms with Crippen LogP contribution in [0, 0.1) is 0 Å². The molecule has 1 heterocycles. The van der Waals surface area contributed by atoms with Crippen molar-refractivity contribution in [2.75, 3.05) is 31.1 Å². The zero-order valence-electron chi connectivity index (χ0n) is 13.2. The maximum atomic E-state index is 12.1. The van der Waals surface area contributed by atoms with Crippen LogP contribution in [0.25, 0.3) is 0 Å². The Bertz CT molecular complexity index is 718. The van der Waals surface area contributed by atoms with E-state index in [1.807, 2.05) is 30.5 Å². The molecule has 0 aliphatic carbocycles. The minimum atomic E-state index is -0.00759. The van der Waals surface area contributed by atoms with E-state index < -0.39 is 0 Å². The average molecular weight is 361 g/mol. The number of nitrogens with zero attached hydrogens (tertiary/aromatic N) is 2. The number of benzene rings is 2. The molecule has 3 rings (SSSR count). The Morgan fingerprint density at radius 1 is 0.833 bits per heavy atom. The van der Waals surface area contributed by atoms with E-state index in [1.54, 1.807) is 30.3 Å². The van der Waals surface area contributed by atoms with Crippen molar-refractivity contribution in [1.82, 2.24) is 4.90 Å². The molecular formula is C19H18Cl2N2O. The molecule has 2 aromatic carbocycles. The topological polar surface area (TPSA) is 23.6 Å². The van der Waals surface area contributed by atoms with E-state index in [4.69, 9.17) is 23.2 Å². The van der Waals surface area contributed by atoms with Crippen molar-refractivity contribution in [3.8, 4) is 0 Å². The van der Waals surface area contributed by atoms with Crippen molar-refractivity contribution in [2.45, 2.75) is 0 Å². The van der Waals surface area contributed by atoms with Crippen molar-refractivity contribution in [3.05, 3.63) is 76.4 Å². The molecule has 1 aliphatic heterocycles. The molecule has 5 heteroatoms. The Morgan fingerprint density at radius 2 is 1.38 bits per heavy atom. The average Bonchev–Trinajstić information content (AvgIpc) is 2.61. The first-order valence-corrected chi connectivity index (χ1v) is 8.60. The third-order valence-electron chi connectivity index (χ3n) is 4.07. The summed E-state index contributed by atoms with van der Waals surface area (Å²) in [4.78, 5) is 16.6. The highest BCUT2D eigenvalue weighted by Crippen LogP contribution is 2.19. The van der Waals surface area contributed by atoms with Crippen LogP contribution in [0.3, 0.4) is 0 Å². The number of piperazine rings is 1. The summed E-state index contributed by atoms with van der Waals surface area (Å²) in [6.07, 6.45) is 3.51. The van der Waals surface area contributed by atoms with Gasteiger partial charge in [0.25, 0.3) is 0 Å². The number of ketones is 1. The second kappa shape index (κ2) is 7.73. The Hall–Kier alpha value is -1.97. The normalized spacial score (nSPS) is 15.1. The first kappa shape index (κ1) is 16.9. The van der Waals surface area contributed by atoms with Crippen molar-refractivity contribution in [1.29, 1.82) is 0 Å². The van der Waals surface area contributed by atoms with Gasteiger partial charge in [-0.15, -0.1) is 0 Å². The molecule has 0 bridgehead atoms. The number of rotatable bonds is 4. The van der Waals surface area contributed by atoms with Crippen LogP contribution < -0.4 is 4.90 Å². The molecule has 0 N–H and O–H groups in total. The van der Waals surface area contributed by atoms with Crippen LogP contribution >= 0.6 is 23.2 Å². The molecule has 0 spiro atoms. The molecule has 0 atom stereocenters. The summed E-state index contributed by atoms with van der Waals surface area (Å²) >= 11 is 11.8. The molecule has 1 fully saturated rings. The molecule has 3 nitrogen and oxygen atoms in total. The van der Waals surface area contributed by atoms with E-state index in [0.29, 0.717) is 10.6 Å². The van der Waals surface area contributed by atoms with Crippen LogP contribution in [0.15, 0.2) is 60.8 Å². The summed E-state index contributed by atoms with van der Waals surface area (Å²) < 4.78 is 0. The van der Waals surface area contributed by atoms with Crippen LogP contribution in [-0.4, -0.2) is 36.9 Å². The predicted molar refractivity (Wildman–Crippen MR) is 100 cm³/mol. The lowest BCUT2D eigenvalue weighted by Crippen LogP contribution is -2.44. The molecule has 2 aromatic rings.